The van der Waals surface area contributed by atoms with Gasteiger partial charge in [0.05, 0.1) is 0 Å². The molecular formula is C60H92N2O14P2. The summed E-state index contributed by atoms with van der Waals surface area (Å²) in [5.74, 6) is -3.22. The first-order valence-corrected chi connectivity index (χ1v) is 33.3. The van der Waals surface area contributed by atoms with E-state index in [1.807, 2.05) is 88.4 Å². The smallest absolute Gasteiger partial charge is 0.326 e. The first-order valence-electron chi connectivity index (χ1n) is 29.3. The minimum Gasteiger partial charge on any atom is -0.480 e. The van der Waals surface area contributed by atoms with Crippen molar-refractivity contribution < 1.29 is 66.6 Å². The summed E-state index contributed by atoms with van der Waals surface area (Å²) in [4.78, 5) is 78.3. The number of carboxylic acid groups (broad SMARTS) is 2. The molecule has 4 aliphatic rings. The number of unbranched alkanes of at least 4 members (excludes halogenated alkanes) is 2. The maximum Gasteiger partial charge on any atom is 0.326 e. The van der Waals surface area contributed by atoms with Gasteiger partial charge in [-0.3, -0.25) is 37.4 Å². The number of benzene rings is 2. The topological polar surface area (TPSA) is 220 Å². The number of carboxylic acids is 2. The lowest BCUT2D eigenvalue weighted by Crippen LogP contribution is -2.42. The molecule has 2 N–H and O–H groups in total. The number of esters is 2. The Labute approximate surface area is 464 Å². The number of rotatable bonds is 28. The van der Waals surface area contributed by atoms with Crippen LogP contribution in [-0.4, -0.2) is 118 Å². The van der Waals surface area contributed by atoms with Crippen LogP contribution in [0.1, 0.15) is 168 Å². The third-order valence-electron chi connectivity index (χ3n) is 16.1. The molecule has 2 saturated carbocycles. The number of carbonyl (C=O) groups excluding carboxylic acids is 4. The molecule has 2 aromatic carbocycles. The van der Waals surface area contributed by atoms with Crippen LogP contribution in [0.2, 0.25) is 0 Å². The molecule has 2 saturated heterocycles. The summed E-state index contributed by atoms with van der Waals surface area (Å²) in [7, 11) is -7.19. The van der Waals surface area contributed by atoms with Crippen molar-refractivity contribution in [2.75, 3.05) is 37.7 Å². The van der Waals surface area contributed by atoms with Crippen molar-refractivity contribution in [1.29, 1.82) is 0 Å². The highest BCUT2D eigenvalue weighted by molar-refractivity contribution is 7.60. The molecule has 8 atom stereocenters. The van der Waals surface area contributed by atoms with Crippen molar-refractivity contribution in [2.45, 2.75) is 195 Å². The van der Waals surface area contributed by atoms with Gasteiger partial charge in [0.2, 0.25) is 39.1 Å². The Morgan fingerprint density at radius 3 is 1.18 bits per heavy atom. The first kappa shape index (κ1) is 64.5. The average molecular weight is 1130 g/mol. The maximum atomic E-state index is 14.2. The molecule has 0 spiro atoms. The fourth-order valence-electron chi connectivity index (χ4n) is 11.6. The summed E-state index contributed by atoms with van der Waals surface area (Å²) in [6, 6.07) is 18.2. The van der Waals surface area contributed by atoms with E-state index in [-0.39, 0.29) is 61.2 Å². The van der Waals surface area contributed by atoms with Gasteiger partial charge in [-0.2, -0.15) is 0 Å². The van der Waals surface area contributed by atoms with Crippen LogP contribution in [0, 0.1) is 35.5 Å². The molecule has 16 nitrogen and oxygen atoms in total. The van der Waals surface area contributed by atoms with E-state index in [9.17, 15) is 48.1 Å². The fourth-order valence-corrected chi connectivity index (χ4v) is 16.2. The van der Waals surface area contributed by atoms with E-state index in [0.29, 0.717) is 50.6 Å². The monoisotopic (exact) mass is 1130 g/mol. The zero-order valence-electron chi connectivity index (χ0n) is 47.5. The van der Waals surface area contributed by atoms with Crippen molar-refractivity contribution in [3.05, 3.63) is 71.8 Å². The second-order valence-electron chi connectivity index (χ2n) is 23.0. The molecule has 18 heteroatoms. The number of aryl methyl sites for hydroxylation is 2. The lowest BCUT2D eigenvalue weighted by molar-refractivity contribution is -0.170. The third-order valence-corrected chi connectivity index (χ3v) is 20.8. The van der Waals surface area contributed by atoms with Crippen LogP contribution in [0.4, 0.5) is 0 Å². The Kier molecular flexibility index (Phi) is 26.6. The summed E-state index contributed by atoms with van der Waals surface area (Å²) in [5, 5.41) is 19.8. The van der Waals surface area contributed by atoms with Gasteiger partial charge in [-0.15, -0.1) is 0 Å². The number of carbonyl (C=O) groups is 6. The van der Waals surface area contributed by atoms with E-state index >= 15 is 0 Å². The van der Waals surface area contributed by atoms with Gasteiger partial charge in [0.15, 0.2) is 0 Å². The number of aliphatic carboxylic acids is 2. The molecule has 4 fully saturated rings. The van der Waals surface area contributed by atoms with Crippen LogP contribution in [0.3, 0.4) is 0 Å². The van der Waals surface area contributed by atoms with E-state index in [4.69, 9.17) is 18.5 Å². The SMILES string of the molecule is CCC(=O)OC(OP(=O)(CCCCc1ccccc1)CC(=O)N1C[C@H](C2CCCCC2)C[C@H]1C(=O)O)C(C)C.CCC(=O)OC(OP(=O)(CCCCc1ccccc1)CC(=O)N1C[C@H](C2CCCCC2)C[C@H]1C(=O)O)C(C)C. The highest BCUT2D eigenvalue weighted by atomic mass is 31.2. The number of nitrogens with zero attached hydrogens (tertiary/aromatic N) is 2. The first-order chi connectivity index (χ1) is 37.2. The van der Waals surface area contributed by atoms with Gasteiger partial charge >= 0.3 is 23.9 Å². The van der Waals surface area contributed by atoms with E-state index in [1.54, 1.807) is 13.8 Å². The number of amides is 2. The minimum absolute atomic E-state index is 0.149. The van der Waals surface area contributed by atoms with Crippen LogP contribution >= 0.6 is 14.7 Å². The van der Waals surface area contributed by atoms with E-state index < -0.39 is 75.1 Å². The lowest BCUT2D eigenvalue weighted by Gasteiger charge is -2.30. The summed E-state index contributed by atoms with van der Waals surface area (Å²) in [6.07, 6.45) is 14.2. The molecule has 78 heavy (non-hydrogen) atoms. The van der Waals surface area contributed by atoms with Gasteiger partial charge in [-0.1, -0.05) is 166 Å². The molecule has 4 unspecified atom stereocenters. The van der Waals surface area contributed by atoms with Gasteiger partial charge in [-0.25, -0.2) is 9.59 Å². The summed E-state index contributed by atoms with van der Waals surface area (Å²) < 4.78 is 51.4. The third kappa shape index (κ3) is 20.6. The Morgan fingerprint density at radius 1 is 0.526 bits per heavy atom. The predicted octanol–water partition coefficient (Wildman–Crippen LogP) is 12.2. The van der Waals surface area contributed by atoms with Crippen LogP contribution < -0.4 is 0 Å². The molecule has 436 valence electrons. The molecule has 2 heterocycles. The molecule has 2 aliphatic heterocycles. The number of ether oxygens (including phenoxy) is 2. The predicted molar refractivity (Wildman–Crippen MR) is 301 cm³/mol. The van der Waals surface area contributed by atoms with Gasteiger partial charge < -0.3 is 29.5 Å². The Balaban J connectivity index is 0.000000287. The average Bonchev–Trinajstić information content (AvgIpc) is 4.12. The normalized spacial score (nSPS) is 22.4. The second-order valence-corrected chi connectivity index (χ2v) is 28.2. The van der Waals surface area contributed by atoms with Gasteiger partial charge in [0.1, 0.15) is 24.4 Å². The highest BCUT2D eigenvalue weighted by Gasteiger charge is 2.47. The fraction of sp³-hybridized carbons (Fsp3) is 0.700. The lowest BCUT2D eigenvalue weighted by atomic mass is 9.79. The molecule has 0 radical (unpaired) electrons. The van der Waals surface area contributed by atoms with Gasteiger partial charge in [-0.05, 0) is 86.2 Å². The molecule has 2 aliphatic carbocycles. The minimum atomic E-state index is -3.60. The van der Waals surface area contributed by atoms with Crippen LogP contribution in [0.5, 0.6) is 0 Å². The quantitative estimate of drug-likeness (QED) is 0.0350. The molecular weight excluding hydrogens is 1030 g/mol. The zero-order chi connectivity index (χ0) is 56.8. The van der Waals surface area contributed by atoms with Gasteiger partial charge in [0, 0.05) is 50.1 Å². The van der Waals surface area contributed by atoms with Gasteiger partial charge in [0.25, 0.3) is 0 Å². The molecule has 6 rings (SSSR count). The van der Waals surface area contributed by atoms with Crippen LogP contribution in [0.25, 0.3) is 0 Å². The van der Waals surface area contributed by atoms with Crippen LogP contribution in [0.15, 0.2) is 60.7 Å². The molecule has 2 amide bonds. The number of hydrogen-bond acceptors (Lipinski definition) is 12. The summed E-state index contributed by atoms with van der Waals surface area (Å²) in [5.41, 5.74) is 2.35. The zero-order valence-corrected chi connectivity index (χ0v) is 49.3. The molecule has 2 aromatic rings. The van der Waals surface area contributed by atoms with Crippen LogP contribution in [-0.2, 0) is 69.3 Å². The Bertz CT molecular complexity index is 2140. The largest absolute Gasteiger partial charge is 0.480 e. The van der Waals surface area contributed by atoms with Crippen molar-refractivity contribution in [3.63, 3.8) is 0 Å². The maximum absolute atomic E-state index is 14.2. The van der Waals surface area contributed by atoms with Crippen molar-refractivity contribution in [3.8, 4) is 0 Å². The van der Waals surface area contributed by atoms with E-state index in [0.717, 1.165) is 77.0 Å². The number of likely N-dealkylation sites (tertiary alicyclic amines) is 2. The Hall–Kier alpha value is -4.36. The van der Waals surface area contributed by atoms with Crippen molar-refractivity contribution in [2.24, 2.45) is 35.5 Å². The van der Waals surface area contributed by atoms with E-state index in [1.165, 1.54) is 33.8 Å². The second kappa shape index (κ2) is 32.2. The highest BCUT2D eigenvalue weighted by Crippen LogP contribution is 2.52. The molecule has 0 aromatic heterocycles. The summed E-state index contributed by atoms with van der Waals surface area (Å²) in [6.45, 7) is 11.4. The number of hydrogen-bond donors (Lipinski definition) is 2. The molecule has 0 bridgehead atoms. The Morgan fingerprint density at radius 2 is 0.872 bits per heavy atom. The van der Waals surface area contributed by atoms with Crippen molar-refractivity contribution in [1.82, 2.24) is 9.80 Å². The summed E-state index contributed by atoms with van der Waals surface area (Å²) >= 11 is 0. The van der Waals surface area contributed by atoms with Crippen molar-refractivity contribution >= 4 is 50.4 Å². The van der Waals surface area contributed by atoms with E-state index in [2.05, 4.69) is 0 Å². The standard InChI is InChI=1S/2C30H46NO7P/c2*1-4-28(33)37-30(22(2)3)38-39(36,18-12-11-15-23-13-7-5-8-14-23)21-27(32)31-20-25(19-26(31)29(34)35)24-16-9-6-10-17-24/h2*5,7-8,13-14,22,24-26,30H,4,6,9-12,15-21H2,1-3H3,(H,34,35)/t2*25-,26+,30?,39?/m11/s1.